The molecule has 164 valence electrons. The minimum atomic E-state index is -1.19. The van der Waals surface area contributed by atoms with E-state index in [-0.39, 0.29) is 18.0 Å². The van der Waals surface area contributed by atoms with Gasteiger partial charge >= 0.3 is 5.97 Å². The molecule has 0 N–H and O–H groups in total. The van der Waals surface area contributed by atoms with Crippen molar-refractivity contribution in [2.24, 2.45) is 11.0 Å². The Labute approximate surface area is 187 Å². The molecule has 0 spiro atoms. The molecule has 1 fully saturated rings. The van der Waals surface area contributed by atoms with Crippen LogP contribution in [0.1, 0.15) is 12.5 Å². The molecular formula is C21H17ClN4O6. The lowest BCUT2D eigenvalue weighted by Gasteiger charge is -2.23. The van der Waals surface area contributed by atoms with E-state index in [4.69, 9.17) is 16.3 Å². The summed E-state index contributed by atoms with van der Waals surface area (Å²) < 4.78 is 5.05. The number of hydrogen-bond donors (Lipinski definition) is 0. The molecule has 2 aliphatic heterocycles. The number of hydrogen-bond acceptors (Lipinski definition) is 8. The van der Waals surface area contributed by atoms with Crippen molar-refractivity contribution >= 4 is 52.2 Å². The van der Waals surface area contributed by atoms with Gasteiger partial charge in [0.15, 0.2) is 5.71 Å². The summed E-state index contributed by atoms with van der Waals surface area (Å²) in [6.07, 6.45) is 0. The quantitative estimate of drug-likeness (QED) is 0.293. The van der Waals surface area contributed by atoms with Crippen molar-refractivity contribution in [1.29, 1.82) is 0 Å². The molecule has 2 atom stereocenters. The molecule has 10 nitrogen and oxygen atoms in total. The predicted octanol–water partition coefficient (Wildman–Crippen LogP) is 2.85. The van der Waals surface area contributed by atoms with Gasteiger partial charge in [-0.05, 0) is 43.7 Å². The van der Waals surface area contributed by atoms with E-state index in [0.29, 0.717) is 22.0 Å². The highest BCUT2D eigenvalue weighted by molar-refractivity contribution is 6.47. The lowest BCUT2D eigenvalue weighted by Crippen LogP contribution is -2.39. The largest absolute Gasteiger partial charge is 0.461 e. The van der Waals surface area contributed by atoms with E-state index in [9.17, 15) is 24.5 Å². The zero-order valence-corrected chi connectivity index (χ0v) is 17.8. The Kier molecular flexibility index (Phi) is 5.39. The van der Waals surface area contributed by atoms with Gasteiger partial charge in [0.1, 0.15) is 12.0 Å². The van der Waals surface area contributed by atoms with Crippen molar-refractivity contribution in [2.75, 3.05) is 16.5 Å². The maximum atomic E-state index is 13.4. The minimum absolute atomic E-state index is 0.0615. The van der Waals surface area contributed by atoms with Gasteiger partial charge in [0.25, 0.3) is 11.6 Å². The summed E-state index contributed by atoms with van der Waals surface area (Å²) in [4.78, 5) is 50.8. The summed E-state index contributed by atoms with van der Waals surface area (Å²) in [6, 6.07) is 9.02. The van der Waals surface area contributed by atoms with Crippen molar-refractivity contribution in [2.45, 2.75) is 19.9 Å². The molecular weight excluding hydrogens is 440 g/mol. The molecule has 2 aliphatic rings. The summed E-state index contributed by atoms with van der Waals surface area (Å²) in [5, 5.41) is 16.8. The number of carbonyl (C=O) groups is 3. The number of esters is 1. The molecule has 0 radical (unpaired) electrons. The van der Waals surface area contributed by atoms with Crippen LogP contribution < -0.4 is 9.91 Å². The Hall–Kier alpha value is -3.79. The van der Waals surface area contributed by atoms with E-state index < -0.39 is 34.7 Å². The number of imide groups is 1. The summed E-state index contributed by atoms with van der Waals surface area (Å²) in [5.74, 6) is -3.21. The van der Waals surface area contributed by atoms with E-state index in [1.807, 2.05) is 0 Å². The van der Waals surface area contributed by atoms with E-state index in [2.05, 4.69) is 5.10 Å². The highest BCUT2D eigenvalue weighted by Gasteiger charge is 2.59. The van der Waals surface area contributed by atoms with Crippen molar-refractivity contribution in [1.82, 2.24) is 0 Å². The lowest BCUT2D eigenvalue weighted by molar-refractivity contribution is -0.384. The standard InChI is InChI=1S/C21H17ClN4O6/c1-3-32-21(29)17-16-18(25(23-17)12-7-9-13(10-8-12)26(30)31)20(28)24(19(16)27)15-6-4-5-14(22)11(15)2/h4-10,16,18H,3H2,1-2H3/t16-,18-/m0/s1. The molecule has 11 heteroatoms. The van der Waals surface area contributed by atoms with Gasteiger partial charge in [0.2, 0.25) is 5.91 Å². The van der Waals surface area contributed by atoms with Crippen LogP contribution >= 0.6 is 11.6 Å². The molecule has 0 bridgehead atoms. The number of halogens is 1. The van der Waals surface area contributed by atoms with Crippen molar-refractivity contribution in [3.05, 3.63) is 63.2 Å². The first-order valence-corrected chi connectivity index (χ1v) is 10.1. The second-order valence-electron chi connectivity index (χ2n) is 7.14. The number of amides is 2. The smallest absolute Gasteiger partial charge is 0.355 e. The zero-order chi connectivity index (χ0) is 23.2. The Balaban J connectivity index is 1.80. The fourth-order valence-electron chi connectivity index (χ4n) is 3.80. The fraction of sp³-hybridized carbons (Fsp3) is 0.238. The number of non-ortho nitro benzene ring substituents is 1. The van der Waals surface area contributed by atoms with Crippen LogP contribution in [0.25, 0.3) is 0 Å². The first-order chi connectivity index (χ1) is 15.3. The molecule has 0 saturated carbocycles. The number of rotatable bonds is 5. The highest BCUT2D eigenvalue weighted by atomic mass is 35.5. The Morgan fingerprint density at radius 2 is 1.88 bits per heavy atom. The number of nitro benzene ring substituents is 1. The van der Waals surface area contributed by atoms with Crippen LogP contribution in [0.3, 0.4) is 0 Å². The third-order valence-corrected chi connectivity index (χ3v) is 5.75. The third kappa shape index (κ3) is 3.28. The molecule has 2 heterocycles. The van der Waals surface area contributed by atoms with Crippen molar-refractivity contribution in [3.8, 4) is 0 Å². The minimum Gasteiger partial charge on any atom is -0.461 e. The van der Waals surface area contributed by atoms with Gasteiger partial charge in [-0.1, -0.05) is 17.7 Å². The molecule has 0 aliphatic carbocycles. The first kappa shape index (κ1) is 21.4. The molecule has 1 saturated heterocycles. The van der Waals surface area contributed by atoms with Crippen LogP contribution in [-0.4, -0.2) is 41.1 Å². The summed E-state index contributed by atoms with van der Waals surface area (Å²) in [7, 11) is 0. The Bertz CT molecular complexity index is 1180. The van der Waals surface area contributed by atoms with Gasteiger partial charge in [-0.3, -0.25) is 24.7 Å². The Morgan fingerprint density at radius 1 is 1.19 bits per heavy atom. The number of anilines is 2. The average molecular weight is 457 g/mol. The molecule has 4 rings (SSSR count). The van der Waals surface area contributed by atoms with Crippen LogP contribution in [0.15, 0.2) is 47.6 Å². The summed E-state index contributed by atoms with van der Waals surface area (Å²) in [5.41, 5.74) is 0.816. The second kappa shape index (κ2) is 8.04. The average Bonchev–Trinajstić information content (AvgIpc) is 3.28. The molecule has 2 aromatic carbocycles. The van der Waals surface area contributed by atoms with Gasteiger partial charge in [-0.15, -0.1) is 0 Å². The normalized spacial score (nSPS) is 19.8. The maximum Gasteiger partial charge on any atom is 0.355 e. The van der Waals surface area contributed by atoms with Gasteiger partial charge in [-0.25, -0.2) is 9.69 Å². The maximum absolute atomic E-state index is 13.4. The topological polar surface area (TPSA) is 122 Å². The van der Waals surface area contributed by atoms with E-state index in [1.54, 1.807) is 32.0 Å². The summed E-state index contributed by atoms with van der Waals surface area (Å²) in [6.45, 7) is 3.36. The van der Waals surface area contributed by atoms with Gasteiger partial charge in [0.05, 0.1) is 22.9 Å². The number of fused-ring (bicyclic) bond motifs is 1. The van der Waals surface area contributed by atoms with Gasteiger partial charge in [-0.2, -0.15) is 5.10 Å². The van der Waals surface area contributed by atoms with Crippen LogP contribution in [-0.2, 0) is 19.1 Å². The SMILES string of the molecule is CCOC(=O)C1=NN(c2ccc([N+](=O)[O-])cc2)[C@@H]2C(=O)N(c3cccc(Cl)c3C)C(=O)[C@@H]12. The molecule has 2 amide bonds. The van der Waals surface area contributed by atoms with Crippen molar-refractivity contribution in [3.63, 3.8) is 0 Å². The second-order valence-corrected chi connectivity index (χ2v) is 7.55. The highest BCUT2D eigenvalue weighted by Crippen LogP contribution is 2.40. The third-order valence-electron chi connectivity index (χ3n) is 5.34. The van der Waals surface area contributed by atoms with E-state index in [1.165, 1.54) is 29.3 Å². The molecule has 2 aromatic rings. The summed E-state index contributed by atoms with van der Waals surface area (Å²) >= 11 is 6.18. The number of hydrazone groups is 1. The van der Waals surface area contributed by atoms with Crippen LogP contribution in [0.5, 0.6) is 0 Å². The van der Waals surface area contributed by atoms with E-state index >= 15 is 0 Å². The molecule has 0 aromatic heterocycles. The number of ether oxygens (including phenoxy) is 1. The Morgan fingerprint density at radius 3 is 2.50 bits per heavy atom. The number of nitrogens with zero attached hydrogens (tertiary/aromatic N) is 4. The van der Waals surface area contributed by atoms with Crippen LogP contribution in [0.2, 0.25) is 5.02 Å². The van der Waals surface area contributed by atoms with E-state index in [0.717, 1.165) is 4.90 Å². The predicted molar refractivity (Wildman–Crippen MR) is 116 cm³/mol. The zero-order valence-electron chi connectivity index (χ0n) is 17.0. The van der Waals surface area contributed by atoms with Crippen molar-refractivity contribution < 1.29 is 24.0 Å². The molecule has 32 heavy (non-hydrogen) atoms. The lowest BCUT2D eigenvalue weighted by atomic mass is 9.97. The van der Waals surface area contributed by atoms with Gasteiger partial charge < -0.3 is 4.74 Å². The van der Waals surface area contributed by atoms with Gasteiger partial charge in [0, 0.05) is 17.2 Å². The first-order valence-electron chi connectivity index (χ1n) is 9.68. The van der Waals surface area contributed by atoms with Crippen LogP contribution in [0.4, 0.5) is 17.1 Å². The van der Waals surface area contributed by atoms with Crippen LogP contribution in [0, 0.1) is 23.0 Å². The monoisotopic (exact) mass is 456 g/mol. The molecule has 0 unspecified atom stereocenters. The number of benzene rings is 2. The number of carbonyl (C=O) groups excluding carboxylic acids is 3. The fourth-order valence-corrected chi connectivity index (χ4v) is 3.97. The number of nitro groups is 1.